The third-order valence-electron chi connectivity index (χ3n) is 2.93. The second-order valence-electron chi connectivity index (χ2n) is 4.38. The van der Waals surface area contributed by atoms with Crippen LogP contribution in [-0.2, 0) is 0 Å². The highest BCUT2D eigenvalue weighted by molar-refractivity contribution is 6.95. The highest BCUT2D eigenvalue weighted by atomic mass is 28.3. The normalized spacial score (nSPS) is 10.8. The molecule has 0 spiro atoms. The number of hydrogen-bond donors (Lipinski definition) is 1. The van der Waals surface area contributed by atoms with E-state index in [4.69, 9.17) is 5.11 Å². The van der Waals surface area contributed by atoms with E-state index in [1.54, 1.807) is 0 Å². The van der Waals surface area contributed by atoms with E-state index in [0.29, 0.717) is 0 Å². The van der Waals surface area contributed by atoms with E-state index in [0.717, 1.165) is 6.42 Å². The zero-order chi connectivity index (χ0) is 12.0. The first-order chi connectivity index (χ1) is 7.62. The maximum absolute atomic E-state index is 9.12. The second kappa shape index (κ2) is 5.85. The Morgan fingerprint density at radius 2 is 1.94 bits per heavy atom. The SMILES string of the molecule is CC=C=C(CCO)[Si](C)(C)c1ccccc1. The Balaban J connectivity index is 3.13. The predicted octanol–water partition coefficient (Wildman–Crippen LogP) is 2.63. The summed E-state index contributed by atoms with van der Waals surface area (Å²) in [5.41, 5.74) is 3.32. The molecule has 0 aliphatic carbocycles. The molecule has 86 valence electrons. The molecule has 1 aromatic carbocycles. The van der Waals surface area contributed by atoms with Crippen molar-refractivity contribution in [2.75, 3.05) is 6.61 Å². The fourth-order valence-corrected chi connectivity index (χ4v) is 4.50. The van der Waals surface area contributed by atoms with Gasteiger partial charge in [0.05, 0.1) is 0 Å². The molecule has 0 unspecified atom stereocenters. The summed E-state index contributed by atoms with van der Waals surface area (Å²) in [6.07, 6.45) is 2.68. The highest BCUT2D eigenvalue weighted by Crippen LogP contribution is 2.17. The molecule has 1 aromatic rings. The molecule has 2 heteroatoms. The molecular formula is C14H20OSi. The van der Waals surface area contributed by atoms with Crippen LogP contribution in [0.5, 0.6) is 0 Å². The summed E-state index contributed by atoms with van der Waals surface area (Å²) in [6.45, 7) is 6.81. The molecule has 0 amide bonds. The third kappa shape index (κ3) is 2.95. The number of rotatable bonds is 4. The molecule has 0 aromatic heterocycles. The Morgan fingerprint density at radius 1 is 1.31 bits per heavy atom. The molecule has 1 N–H and O–H groups in total. The summed E-state index contributed by atoms with van der Waals surface area (Å²) in [5.74, 6) is 0. The van der Waals surface area contributed by atoms with Gasteiger partial charge in [0.25, 0.3) is 0 Å². The Morgan fingerprint density at radius 3 is 2.44 bits per heavy atom. The van der Waals surface area contributed by atoms with Crippen molar-refractivity contribution >= 4 is 13.3 Å². The van der Waals surface area contributed by atoms with Gasteiger partial charge < -0.3 is 5.11 Å². The fraction of sp³-hybridized carbons (Fsp3) is 0.357. The van der Waals surface area contributed by atoms with Crippen LogP contribution in [-0.4, -0.2) is 19.8 Å². The minimum Gasteiger partial charge on any atom is -0.396 e. The lowest BCUT2D eigenvalue weighted by atomic mass is 10.4. The molecule has 0 saturated heterocycles. The molecule has 1 nitrogen and oxygen atoms in total. The maximum Gasteiger partial charge on any atom is 0.116 e. The van der Waals surface area contributed by atoms with Crippen molar-refractivity contribution in [3.05, 3.63) is 47.3 Å². The van der Waals surface area contributed by atoms with Crippen LogP contribution in [0.1, 0.15) is 13.3 Å². The second-order valence-corrected chi connectivity index (χ2v) is 8.81. The van der Waals surface area contributed by atoms with Crippen molar-refractivity contribution in [1.29, 1.82) is 0 Å². The lowest BCUT2D eigenvalue weighted by Crippen LogP contribution is -2.43. The minimum absolute atomic E-state index is 0.208. The number of benzene rings is 1. The molecule has 0 aliphatic heterocycles. The van der Waals surface area contributed by atoms with Gasteiger partial charge in [0.15, 0.2) is 0 Å². The van der Waals surface area contributed by atoms with Crippen LogP contribution in [0.4, 0.5) is 0 Å². The van der Waals surface area contributed by atoms with Crippen LogP contribution >= 0.6 is 0 Å². The summed E-state index contributed by atoms with van der Waals surface area (Å²) in [7, 11) is -1.64. The van der Waals surface area contributed by atoms with Gasteiger partial charge in [-0.05, 0) is 24.6 Å². The van der Waals surface area contributed by atoms with Gasteiger partial charge in [-0.2, -0.15) is 0 Å². The molecule has 16 heavy (non-hydrogen) atoms. The average Bonchev–Trinajstić information content (AvgIpc) is 2.30. The van der Waals surface area contributed by atoms with Gasteiger partial charge in [0, 0.05) is 6.61 Å². The Labute approximate surface area is 99.1 Å². The molecule has 0 atom stereocenters. The van der Waals surface area contributed by atoms with Crippen LogP contribution in [0.15, 0.2) is 47.3 Å². The molecule has 0 fully saturated rings. The van der Waals surface area contributed by atoms with E-state index in [2.05, 4.69) is 43.1 Å². The quantitative estimate of drug-likeness (QED) is 0.625. The molecule has 1 rings (SSSR count). The number of aliphatic hydroxyl groups is 1. The van der Waals surface area contributed by atoms with Gasteiger partial charge in [-0.3, -0.25) is 0 Å². The Bertz CT molecular complexity index is 386. The van der Waals surface area contributed by atoms with E-state index >= 15 is 0 Å². The molecule has 0 saturated carbocycles. The van der Waals surface area contributed by atoms with Gasteiger partial charge in [-0.1, -0.05) is 48.6 Å². The van der Waals surface area contributed by atoms with Crippen LogP contribution in [0.3, 0.4) is 0 Å². The van der Waals surface area contributed by atoms with Crippen LogP contribution in [0, 0.1) is 0 Å². The zero-order valence-electron chi connectivity index (χ0n) is 10.3. The third-order valence-corrected chi connectivity index (χ3v) is 6.61. The van der Waals surface area contributed by atoms with Gasteiger partial charge in [-0.15, -0.1) is 5.73 Å². The molecule has 0 bridgehead atoms. The number of aliphatic hydroxyl groups excluding tert-OH is 1. The maximum atomic E-state index is 9.12. The van der Waals surface area contributed by atoms with Gasteiger partial charge in [0.2, 0.25) is 0 Å². The standard InChI is InChI=1S/C14H20OSi/c1-4-8-13(11-12-15)16(2,3)14-9-6-5-7-10-14/h4-7,9-10,15H,11-12H2,1-3H3. The zero-order valence-corrected chi connectivity index (χ0v) is 11.3. The Kier molecular flexibility index (Phi) is 4.75. The van der Waals surface area contributed by atoms with Crippen molar-refractivity contribution in [2.24, 2.45) is 0 Å². The van der Waals surface area contributed by atoms with Crippen LogP contribution in [0.2, 0.25) is 13.1 Å². The van der Waals surface area contributed by atoms with Crippen molar-refractivity contribution in [3.63, 3.8) is 0 Å². The van der Waals surface area contributed by atoms with E-state index in [1.807, 2.05) is 19.1 Å². The van der Waals surface area contributed by atoms with E-state index < -0.39 is 8.07 Å². The topological polar surface area (TPSA) is 20.2 Å². The number of hydrogen-bond acceptors (Lipinski definition) is 1. The van der Waals surface area contributed by atoms with Gasteiger partial charge >= 0.3 is 0 Å². The van der Waals surface area contributed by atoms with Crippen molar-refractivity contribution in [2.45, 2.75) is 26.4 Å². The minimum atomic E-state index is -1.64. The first-order valence-electron chi connectivity index (χ1n) is 5.70. The van der Waals surface area contributed by atoms with E-state index in [1.165, 1.54) is 10.4 Å². The fourth-order valence-electron chi connectivity index (χ4n) is 1.88. The summed E-state index contributed by atoms with van der Waals surface area (Å²) >= 11 is 0. The lowest BCUT2D eigenvalue weighted by Gasteiger charge is -2.24. The van der Waals surface area contributed by atoms with Crippen molar-refractivity contribution in [3.8, 4) is 0 Å². The van der Waals surface area contributed by atoms with Crippen molar-refractivity contribution < 1.29 is 5.11 Å². The molecule has 0 radical (unpaired) electrons. The lowest BCUT2D eigenvalue weighted by molar-refractivity contribution is 0.301. The first kappa shape index (κ1) is 13.0. The highest BCUT2D eigenvalue weighted by Gasteiger charge is 2.27. The van der Waals surface area contributed by atoms with Crippen LogP contribution in [0.25, 0.3) is 0 Å². The first-order valence-corrected chi connectivity index (χ1v) is 8.70. The summed E-state index contributed by atoms with van der Waals surface area (Å²) in [6, 6.07) is 10.6. The Hall–Kier alpha value is -1.08. The summed E-state index contributed by atoms with van der Waals surface area (Å²) in [5, 5.41) is 11.8. The summed E-state index contributed by atoms with van der Waals surface area (Å²) < 4.78 is 0. The van der Waals surface area contributed by atoms with Crippen LogP contribution < -0.4 is 5.19 Å². The largest absolute Gasteiger partial charge is 0.396 e. The van der Waals surface area contributed by atoms with E-state index in [9.17, 15) is 0 Å². The predicted molar refractivity (Wildman–Crippen MR) is 72.5 cm³/mol. The van der Waals surface area contributed by atoms with E-state index in [-0.39, 0.29) is 6.61 Å². The summed E-state index contributed by atoms with van der Waals surface area (Å²) in [4.78, 5) is 0. The average molecular weight is 232 g/mol. The van der Waals surface area contributed by atoms with Gasteiger partial charge in [-0.25, -0.2) is 0 Å². The van der Waals surface area contributed by atoms with Gasteiger partial charge in [0.1, 0.15) is 8.07 Å². The smallest absolute Gasteiger partial charge is 0.116 e. The van der Waals surface area contributed by atoms with Crippen molar-refractivity contribution in [1.82, 2.24) is 0 Å². The molecular weight excluding hydrogens is 212 g/mol. The molecule has 0 aliphatic rings. The molecule has 0 heterocycles. The monoisotopic (exact) mass is 232 g/mol.